The summed E-state index contributed by atoms with van der Waals surface area (Å²) in [7, 11) is 0. The van der Waals surface area contributed by atoms with Gasteiger partial charge in [-0.25, -0.2) is 9.97 Å². The molecule has 1 aliphatic heterocycles. The fourth-order valence-electron chi connectivity index (χ4n) is 4.90. The highest BCUT2D eigenvalue weighted by Gasteiger charge is 2.31. The molecule has 0 atom stereocenters. The number of carbonyl (C=O) groups is 2. The number of alkyl halides is 3. The van der Waals surface area contributed by atoms with Crippen LogP contribution in [0.25, 0.3) is 5.78 Å². The van der Waals surface area contributed by atoms with Crippen LogP contribution in [0, 0.1) is 6.92 Å². The van der Waals surface area contributed by atoms with Gasteiger partial charge in [-0.1, -0.05) is 6.92 Å². The first-order chi connectivity index (χ1) is 20.4. The number of piperazine rings is 1. The topological polar surface area (TPSA) is 151 Å². The summed E-state index contributed by atoms with van der Waals surface area (Å²) in [6.07, 6.45) is -2.98. The third-order valence-corrected chi connectivity index (χ3v) is 7.36. The number of nitrogens with one attached hydrogen (secondary N) is 1. The zero-order valence-electron chi connectivity index (χ0n) is 22.9. The lowest BCUT2D eigenvalue weighted by Crippen LogP contribution is -2.51. The van der Waals surface area contributed by atoms with Gasteiger partial charge in [0.05, 0.1) is 17.0 Å². The standard InChI is InChI=1S/C26H25BrF3N9O4/c1-3-17-20(36-8-10-37(11-9-36)22(42)19-21(41)14(2)31-13-32-19)23(43)39-25(34-24(27)35-39)38(17)12-18(40)33-16-6-4-15(5-7-16)26(28,29)30/h4-7,13,41H,3,8-12H2,1-2H3,(H,33,40). The molecule has 1 saturated heterocycles. The lowest BCUT2D eigenvalue weighted by molar-refractivity contribution is -0.137. The Labute approximate surface area is 250 Å². The van der Waals surface area contributed by atoms with Crippen LogP contribution in [0.3, 0.4) is 0 Å². The monoisotopic (exact) mass is 663 g/mol. The summed E-state index contributed by atoms with van der Waals surface area (Å²) in [5.74, 6) is -1.21. The number of aromatic hydroxyl groups is 1. The maximum Gasteiger partial charge on any atom is 0.416 e. The Hall–Kier alpha value is -4.54. The second kappa shape index (κ2) is 11.6. The quantitative estimate of drug-likeness (QED) is 0.317. The number of nitrogens with zero attached hydrogens (tertiary/aromatic N) is 8. The van der Waals surface area contributed by atoms with E-state index in [1.54, 1.807) is 11.8 Å². The van der Waals surface area contributed by atoms with Crippen LogP contribution in [0.2, 0.25) is 0 Å². The first-order valence-electron chi connectivity index (χ1n) is 13.1. The molecule has 4 aromatic rings. The molecule has 0 saturated carbocycles. The molecule has 4 heterocycles. The van der Waals surface area contributed by atoms with Crippen LogP contribution in [0.5, 0.6) is 5.75 Å². The van der Waals surface area contributed by atoms with Gasteiger partial charge in [0.2, 0.25) is 16.4 Å². The van der Waals surface area contributed by atoms with Crippen molar-refractivity contribution in [2.24, 2.45) is 0 Å². The van der Waals surface area contributed by atoms with Crippen molar-refractivity contribution >= 4 is 44.9 Å². The molecule has 0 unspecified atom stereocenters. The molecule has 0 bridgehead atoms. The van der Waals surface area contributed by atoms with E-state index in [1.165, 1.54) is 15.8 Å². The first kappa shape index (κ1) is 29.9. The molecule has 5 rings (SSSR count). The number of halogens is 4. The lowest BCUT2D eigenvalue weighted by atomic mass is 10.2. The van der Waals surface area contributed by atoms with Crippen LogP contribution in [0.1, 0.15) is 34.4 Å². The van der Waals surface area contributed by atoms with E-state index >= 15 is 0 Å². The molecule has 3 aromatic heterocycles. The summed E-state index contributed by atoms with van der Waals surface area (Å²) in [5, 5.41) is 17.0. The third-order valence-electron chi connectivity index (χ3n) is 7.02. The Morgan fingerprint density at radius 3 is 2.40 bits per heavy atom. The minimum Gasteiger partial charge on any atom is -0.504 e. The van der Waals surface area contributed by atoms with Crippen molar-refractivity contribution in [1.82, 2.24) is 34.0 Å². The average molecular weight is 664 g/mol. The molecule has 13 nitrogen and oxygen atoms in total. The minimum atomic E-state index is -4.51. The van der Waals surface area contributed by atoms with Crippen LogP contribution in [-0.4, -0.2) is 77.1 Å². The summed E-state index contributed by atoms with van der Waals surface area (Å²) < 4.78 is 41.5. The largest absolute Gasteiger partial charge is 0.504 e. The minimum absolute atomic E-state index is 0.100. The fourth-order valence-corrected chi connectivity index (χ4v) is 5.22. The Balaban J connectivity index is 1.42. The number of benzene rings is 1. The number of aryl methyl sites for hydroxylation is 1. The maximum atomic E-state index is 13.6. The summed E-state index contributed by atoms with van der Waals surface area (Å²) in [6, 6.07) is 4.06. The number of anilines is 2. The molecule has 1 fully saturated rings. The van der Waals surface area contributed by atoms with Gasteiger partial charge in [0.1, 0.15) is 18.6 Å². The molecular formula is C26H25BrF3N9O4. The van der Waals surface area contributed by atoms with Gasteiger partial charge < -0.3 is 24.8 Å². The average Bonchev–Trinajstić information content (AvgIpc) is 3.37. The number of hydrogen-bond donors (Lipinski definition) is 2. The van der Waals surface area contributed by atoms with Crippen LogP contribution >= 0.6 is 15.9 Å². The molecule has 0 radical (unpaired) electrons. The Bertz CT molecular complexity index is 1760. The van der Waals surface area contributed by atoms with Crippen molar-refractivity contribution in [2.45, 2.75) is 33.0 Å². The number of carbonyl (C=O) groups excluding carboxylic acids is 2. The van der Waals surface area contributed by atoms with Gasteiger partial charge in [0.15, 0.2) is 11.4 Å². The third kappa shape index (κ3) is 5.89. The predicted molar refractivity (Wildman–Crippen MR) is 151 cm³/mol. The number of rotatable bonds is 6. The van der Waals surface area contributed by atoms with Crippen LogP contribution in [-0.2, 0) is 23.9 Å². The van der Waals surface area contributed by atoms with Gasteiger partial charge in [-0.2, -0.15) is 22.7 Å². The summed E-state index contributed by atoms with van der Waals surface area (Å²) in [4.78, 5) is 55.1. The van der Waals surface area contributed by atoms with E-state index in [-0.39, 0.29) is 71.7 Å². The van der Waals surface area contributed by atoms with Crippen LogP contribution in [0.15, 0.2) is 40.1 Å². The molecule has 0 aliphatic carbocycles. The van der Waals surface area contributed by atoms with Crippen molar-refractivity contribution in [3.63, 3.8) is 0 Å². The van der Waals surface area contributed by atoms with Crippen molar-refractivity contribution in [3.8, 4) is 5.75 Å². The van der Waals surface area contributed by atoms with E-state index in [2.05, 4.69) is 41.3 Å². The van der Waals surface area contributed by atoms with E-state index in [4.69, 9.17) is 0 Å². The summed E-state index contributed by atoms with van der Waals surface area (Å²) in [6.45, 7) is 4.03. The maximum absolute atomic E-state index is 13.6. The highest BCUT2D eigenvalue weighted by atomic mass is 79.9. The molecule has 1 aromatic carbocycles. The van der Waals surface area contributed by atoms with E-state index in [1.807, 2.05) is 6.92 Å². The molecule has 2 N–H and O–H groups in total. The van der Waals surface area contributed by atoms with Crippen molar-refractivity contribution < 1.29 is 27.9 Å². The van der Waals surface area contributed by atoms with E-state index in [0.29, 0.717) is 12.1 Å². The smallest absolute Gasteiger partial charge is 0.416 e. The van der Waals surface area contributed by atoms with Gasteiger partial charge in [-0.05, 0) is 53.5 Å². The van der Waals surface area contributed by atoms with Crippen molar-refractivity contribution in [1.29, 1.82) is 0 Å². The number of aromatic nitrogens is 6. The zero-order valence-corrected chi connectivity index (χ0v) is 24.5. The van der Waals surface area contributed by atoms with E-state index in [0.717, 1.165) is 28.8 Å². The zero-order chi connectivity index (χ0) is 31.1. The molecule has 0 spiro atoms. The van der Waals surface area contributed by atoms with Crippen LogP contribution in [0.4, 0.5) is 24.5 Å². The van der Waals surface area contributed by atoms with E-state index in [9.17, 15) is 32.7 Å². The second-order valence-corrected chi connectivity index (χ2v) is 10.4. The summed E-state index contributed by atoms with van der Waals surface area (Å²) >= 11 is 3.18. The molecule has 2 amide bonds. The Morgan fingerprint density at radius 1 is 1.09 bits per heavy atom. The molecule has 226 valence electrons. The fraction of sp³-hybridized carbons (Fsp3) is 0.346. The van der Waals surface area contributed by atoms with Gasteiger partial charge in [0, 0.05) is 31.9 Å². The Morgan fingerprint density at radius 2 is 1.77 bits per heavy atom. The van der Waals surface area contributed by atoms with Gasteiger partial charge >= 0.3 is 6.18 Å². The normalized spacial score (nSPS) is 13.9. The first-order valence-corrected chi connectivity index (χ1v) is 13.9. The van der Waals surface area contributed by atoms with Gasteiger partial charge in [-0.15, -0.1) is 5.10 Å². The van der Waals surface area contributed by atoms with E-state index < -0.39 is 29.1 Å². The number of hydrogen-bond acceptors (Lipinski definition) is 9. The molecule has 43 heavy (non-hydrogen) atoms. The lowest BCUT2D eigenvalue weighted by Gasteiger charge is -2.36. The van der Waals surface area contributed by atoms with Gasteiger partial charge in [-0.3, -0.25) is 14.4 Å². The van der Waals surface area contributed by atoms with Crippen molar-refractivity contribution in [3.05, 3.63) is 68.3 Å². The van der Waals surface area contributed by atoms with Crippen LogP contribution < -0.4 is 15.8 Å². The molecule has 17 heteroatoms. The highest BCUT2D eigenvalue weighted by molar-refractivity contribution is 9.10. The predicted octanol–water partition coefficient (Wildman–Crippen LogP) is 2.64. The van der Waals surface area contributed by atoms with Crippen molar-refractivity contribution in [2.75, 3.05) is 36.4 Å². The van der Waals surface area contributed by atoms with Gasteiger partial charge in [0.25, 0.3) is 11.5 Å². The summed E-state index contributed by atoms with van der Waals surface area (Å²) in [5.41, 5.74) is -0.198. The number of fused-ring (bicyclic) bond motifs is 1. The molecular weight excluding hydrogens is 639 g/mol. The SMILES string of the molecule is CCc1c(N2CCN(C(=O)c3ncnc(C)c3O)CC2)c(=O)n2nc(Br)nc2n1CC(=O)Nc1ccc(C(F)(F)F)cc1. The highest BCUT2D eigenvalue weighted by Crippen LogP contribution is 2.30. The number of amides is 2. The second-order valence-electron chi connectivity index (χ2n) is 9.69. The Kier molecular flexibility index (Phi) is 8.09. The molecule has 1 aliphatic rings.